The molecular weight excluding hydrogens is 284 g/mol. The van der Waals surface area contributed by atoms with Gasteiger partial charge in [-0.25, -0.2) is 0 Å². The highest BCUT2D eigenvalue weighted by Gasteiger charge is 2.29. The van der Waals surface area contributed by atoms with Crippen molar-refractivity contribution in [1.29, 1.82) is 0 Å². The van der Waals surface area contributed by atoms with E-state index in [1.807, 2.05) is 85.7 Å². The maximum atomic E-state index is 12.7. The Kier molecular flexibility index (Phi) is 6.12. The molecule has 0 spiro atoms. The van der Waals surface area contributed by atoms with E-state index < -0.39 is 0 Å². The summed E-state index contributed by atoms with van der Waals surface area (Å²) in [4.78, 5) is 14.7. The van der Waals surface area contributed by atoms with Crippen LogP contribution in [0.1, 0.15) is 17.0 Å². The Hall–Kier alpha value is -2.39. The molecule has 3 nitrogen and oxygen atoms in total. The quantitative estimate of drug-likeness (QED) is 0.797. The highest BCUT2D eigenvalue weighted by Crippen LogP contribution is 2.24. The number of hydrogen-bond acceptors (Lipinski definition) is 2. The second-order valence-corrected chi connectivity index (χ2v) is 5.78. The van der Waals surface area contributed by atoms with Gasteiger partial charge in [0.25, 0.3) is 0 Å². The molecule has 1 N–H and O–H groups in total. The Morgan fingerprint density at radius 2 is 1.65 bits per heavy atom. The molecule has 0 aromatic heterocycles. The fraction of sp³-hybridized carbons (Fsp3) is 0.250. The SMILES string of the molecule is C=C[C@H](c1ccccc1)[C@@H](C(=O)NCc1ccccc1)N(C)C. The molecule has 0 bridgehead atoms. The standard InChI is InChI=1S/C20H24N2O/c1-4-18(17-13-9-6-10-14-17)19(22(2)3)20(23)21-15-16-11-7-5-8-12-16/h4-14,18-19H,1,15H2,2-3H3,(H,21,23)/t18-,19+/m1/s1. The molecule has 2 aromatic rings. The maximum absolute atomic E-state index is 12.7. The van der Waals surface area contributed by atoms with Gasteiger partial charge in [-0.05, 0) is 25.2 Å². The van der Waals surface area contributed by atoms with Gasteiger partial charge in [-0.2, -0.15) is 0 Å². The summed E-state index contributed by atoms with van der Waals surface area (Å²) in [6.07, 6.45) is 1.85. The Bertz CT molecular complexity index is 623. The van der Waals surface area contributed by atoms with Gasteiger partial charge >= 0.3 is 0 Å². The molecule has 0 saturated carbocycles. The Labute approximate surface area is 138 Å². The van der Waals surface area contributed by atoms with Crippen molar-refractivity contribution in [3.63, 3.8) is 0 Å². The first-order chi connectivity index (χ1) is 11.1. The number of carbonyl (C=O) groups excluding carboxylic acids is 1. The molecule has 120 valence electrons. The van der Waals surface area contributed by atoms with Crippen LogP contribution in [0.25, 0.3) is 0 Å². The van der Waals surface area contributed by atoms with Crippen molar-refractivity contribution in [3.8, 4) is 0 Å². The van der Waals surface area contributed by atoms with E-state index in [9.17, 15) is 4.79 Å². The van der Waals surface area contributed by atoms with E-state index in [1.54, 1.807) is 0 Å². The van der Waals surface area contributed by atoms with Crippen LogP contribution in [0.5, 0.6) is 0 Å². The molecule has 23 heavy (non-hydrogen) atoms. The lowest BCUT2D eigenvalue weighted by atomic mass is 9.90. The van der Waals surface area contributed by atoms with Crippen LogP contribution in [0, 0.1) is 0 Å². The van der Waals surface area contributed by atoms with Gasteiger partial charge in [0.2, 0.25) is 5.91 Å². The third kappa shape index (κ3) is 4.54. The number of hydrogen-bond donors (Lipinski definition) is 1. The summed E-state index contributed by atoms with van der Waals surface area (Å²) in [5, 5.41) is 3.04. The predicted molar refractivity (Wildman–Crippen MR) is 95.1 cm³/mol. The number of nitrogens with zero attached hydrogens (tertiary/aromatic N) is 1. The molecule has 2 atom stereocenters. The van der Waals surface area contributed by atoms with Gasteiger partial charge in [0.05, 0.1) is 6.04 Å². The largest absolute Gasteiger partial charge is 0.351 e. The van der Waals surface area contributed by atoms with E-state index in [-0.39, 0.29) is 17.9 Å². The Morgan fingerprint density at radius 1 is 1.09 bits per heavy atom. The van der Waals surface area contributed by atoms with Crippen molar-refractivity contribution in [2.24, 2.45) is 0 Å². The average Bonchev–Trinajstić information content (AvgIpc) is 2.58. The summed E-state index contributed by atoms with van der Waals surface area (Å²) >= 11 is 0. The zero-order chi connectivity index (χ0) is 16.7. The number of benzene rings is 2. The van der Waals surface area contributed by atoms with E-state index in [0.717, 1.165) is 11.1 Å². The lowest BCUT2D eigenvalue weighted by molar-refractivity contribution is -0.126. The van der Waals surface area contributed by atoms with Crippen LogP contribution in [-0.4, -0.2) is 30.9 Å². The first kappa shape index (κ1) is 17.0. The monoisotopic (exact) mass is 308 g/mol. The molecule has 2 rings (SSSR count). The lowest BCUT2D eigenvalue weighted by Crippen LogP contribution is -2.46. The number of rotatable bonds is 7. The van der Waals surface area contributed by atoms with Crippen LogP contribution in [0.2, 0.25) is 0 Å². The topological polar surface area (TPSA) is 32.3 Å². The lowest BCUT2D eigenvalue weighted by Gasteiger charge is -2.29. The molecule has 0 aliphatic carbocycles. The van der Waals surface area contributed by atoms with Crippen molar-refractivity contribution in [3.05, 3.63) is 84.4 Å². The number of nitrogens with one attached hydrogen (secondary N) is 1. The summed E-state index contributed by atoms with van der Waals surface area (Å²) in [5.41, 5.74) is 2.18. The highest BCUT2D eigenvalue weighted by atomic mass is 16.2. The average molecular weight is 308 g/mol. The second kappa shape index (κ2) is 8.30. The summed E-state index contributed by atoms with van der Waals surface area (Å²) < 4.78 is 0. The van der Waals surface area contributed by atoms with Crippen LogP contribution in [0.3, 0.4) is 0 Å². The third-order valence-corrected chi connectivity index (χ3v) is 3.91. The first-order valence-electron chi connectivity index (χ1n) is 7.79. The number of carbonyl (C=O) groups is 1. The van der Waals surface area contributed by atoms with Crippen molar-refractivity contribution in [2.45, 2.75) is 18.5 Å². The summed E-state index contributed by atoms with van der Waals surface area (Å²) in [6, 6.07) is 19.7. The van der Waals surface area contributed by atoms with Crippen LogP contribution in [-0.2, 0) is 11.3 Å². The molecule has 0 heterocycles. The van der Waals surface area contributed by atoms with E-state index in [0.29, 0.717) is 6.54 Å². The molecule has 0 fully saturated rings. The van der Waals surface area contributed by atoms with E-state index in [1.165, 1.54) is 0 Å². The zero-order valence-electron chi connectivity index (χ0n) is 13.8. The molecule has 0 aliphatic heterocycles. The van der Waals surface area contributed by atoms with Crippen molar-refractivity contribution in [1.82, 2.24) is 10.2 Å². The van der Waals surface area contributed by atoms with Gasteiger partial charge in [0.15, 0.2) is 0 Å². The molecule has 0 unspecified atom stereocenters. The van der Waals surface area contributed by atoms with Crippen LogP contribution < -0.4 is 5.32 Å². The minimum Gasteiger partial charge on any atom is -0.351 e. The highest BCUT2D eigenvalue weighted by molar-refractivity contribution is 5.83. The second-order valence-electron chi connectivity index (χ2n) is 5.78. The fourth-order valence-corrected chi connectivity index (χ4v) is 2.73. The number of amides is 1. The van der Waals surface area contributed by atoms with Crippen LogP contribution in [0.4, 0.5) is 0 Å². The van der Waals surface area contributed by atoms with Crippen molar-refractivity contribution < 1.29 is 4.79 Å². The van der Waals surface area contributed by atoms with E-state index in [2.05, 4.69) is 11.9 Å². The fourth-order valence-electron chi connectivity index (χ4n) is 2.73. The van der Waals surface area contributed by atoms with Gasteiger partial charge in [0.1, 0.15) is 0 Å². The normalized spacial score (nSPS) is 13.3. The van der Waals surface area contributed by atoms with Gasteiger partial charge in [0, 0.05) is 12.5 Å². The maximum Gasteiger partial charge on any atom is 0.238 e. The molecule has 2 aromatic carbocycles. The Balaban J connectivity index is 2.13. The molecular formula is C20H24N2O. The van der Waals surface area contributed by atoms with Crippen LogP contribution in [0.15, 0.2) is 73.3 Å². The molecule has 3 heteroatoms. The Morgan fingerprint density at radius 3 is 2.17 bits per heavy atom. The molecule has 0 saturated heterocycles. The first-order valence-corrected chi connectivity index (χ1v) is 7.79. The zero-order valence-corrected chi connectivity index (χ0v) is 13.8. The van der Waals surface area contributed by atoms with Crippen molar-refractivity contribution in [2.75, 3.05) is 14.1 Å². The molecule has 1 amide bonds. The summed E-state index contributed by atoms with van der Waals surface area (Å²) in [6.45, 7) is 4.47. The summed E-state index contributed by atoms with van der Waals surface area (Å²) in [7, 11) is 3.85. The van der Waals surface area contributed by atoms with Crippen LogP contribution >= 0.6 is 0 Å². The third-order valence-electron chi connectivity index (χ3n) is 3.91. The van der Waals surface area contributed by atoms with Gasteiger partial charge in [-0.15, -0.1) is 6.58 Å². The summed E-state index contributed by atoms with van der Waals surface area (Å²) in [5.74, 6) is -0.0467. The van der Waals surface area contributed by atoms with Gasteiger partial charge < -0.3 is 5.32 Å². The van der Waals surface area contributed by atoms with E-state index >= 15 is 0 Å². The minimum atomic E-state index is -0.293. The predicted octanol–water partition coefficient (Wildman–Crippen LogP) is 3.20. The van der Waals surface area contributed by atoms with Gasteiger partial charge in [-0.1, -0.05) is 66.7 Å². The smallest absolute Gasteiger partial charge is 0.238 e. The van der Waals surface area contributed by atoms with Crippen molar-refractivity contribution >= 4 is 5.91 Å². The van der Waals surface area contributed by atoms with Gasteiger partial charge in [-0.3, -0.25) is 9.69 Å². The molecule has 0 aliphatic rings. The van der Waals surface area contributed by atoms with E-state index in [4.69, 9.17) is 0 Å². The molecule has 0 radical (unpaired) electrons. The minimum absolute atomic E-state index is 0.00704. The number of likely N-dealkylation sites (N-methyl/N-ethyl adjacent to an activating group) is 1.